The summed E-state index contributed by atoms with van der Waals surface area (Å²) >= 11 is 0. The number of carboxylic acid groups (broad SMARTS) is 1. The topological polar surface area (TPSA) is 40.5 Å². The van der Waals surface area contributed by atoms with Crippen LogP contribution in [0.1, 0.15) is 46.5 Å². The molecular formula is C12H23NO2. The highest BCUT2D eigenvalue weighted by Crippen LogP contribution is 2.26. The predicted molar refractivity (Wildman–Crippen MR) is 60.9 cm³/mol. The fourth-order valence-corrected chi connectivity index (χ4v) is 2.64. The third kappa shape index (κ3) is 3.49. The molecule has 0 aromatic heterocycles. The molecule has 0 aromatic carbocycles. The molecule has 1 aliphatic heterocycles. The molecule has 1 N–H and O–H groups in total. The molecule has 3 heteroatoms. The van der Waals surface area contributed by atoms with Gasteiger partial charge in [0.05, 0.1) is 0 Å². The first-order valence-corrected chi connectivity index (χ1v) is 6.00. The van der Waals surface area contributed by atoms with Crippen LogP contribution in [-0.2, 0) is 4.79 Å². The van der Waals surface area contributed by atoms with Crippen LogP contribution in [0.5, 0.6) is 0 Å². The van der Waals surface area contributed by atoms with Crippen molar-refractivity contribution in [3.05, 3.63) is 0 Å². The highest BCUT2D eigenvalue weighted by Gasteiger charge is 2.28. The monoisotopic (exact) mass is 213 g/mol. The van der Waals surface area contributed by atoms with Crippen LogP contribution in [0.2, 0.25) is 0 Å². The number of hydrogen-bond donors (Lipinski definition) is 1. The largest absolute Gasteiger partial charge is 0.481 e. The molecular weight excluding hydrogens is 190 g/mol. The Labute approximate surface area is 92.5 Å². The molecule has 0 amide bonds. The van der Waals surface area contributed by atoms with Crippen LogP contribution >= 0.6 is 0 Å². The maximum Gasteiger partial charge on any atom is 0.303 e. The van der Waals surface area contributed by atoms with Gasteiger partial charge in [-0.2, -0.15) is 0 Å². The first kappa shape index (κ1) is 12.5. The molecule has 0 radical (unpaired) electrons. The van der Waals surface area contributed by atoms with Gasteiger partial charge in [0.25, 0.3) is 0 Å². The molecule has 0 spiro atoms. The molecule has 0 aliphatic carbocycles. The van der Waals surface area contributed by atoms with Gasteiger partial charge >= 0.3 is 5.97 Å². The van der Waals surface area contributed by atoms with Gasteiger partial charge in [0, 0.05) is 18.5 Å². The molecule has 1 fully saturated rings. The normalized spacial score (nSPS) is 29.1. The van der Waals surface area contributed by atoms with Crippen LogP contribution in [0.15, 0.2) is 0 Å². The van der Waals surface area contributed by atoms with E-state index in [0.29, 0.717) is 24.4 Å². The second-order valence-electron chi connectivity index (χ2n) is 4.93. The van der Waals surface area contributed by atoms with E-state index in [-0.39, 0.29) is 0 Å². The van der Waals surface area contributed by atoms with E-state index in [1.807, 2.05) is 0 Å². The molecule has 2 atom stereocenters. The van der Waals surface area contributed by atoms with Gasteiger partial charge < -0.3 is 5.11 Å². The van der Waals surface area contributed by atoms with Crippen molar-refractivity contribution in [1.29, 1.82) is 0 Å². The van der Waals surface area contributed by atoms with Crippen molar-refractivity contribution in [2.75, 3.05) is 6.54 Å². The molecule has 1 heterocycles. The number of likely N-dealkylation sites (tertiary alicyclic amines) is 1. The Morgan fingerprint density at radius 2 is 2.13 bits per heavy atom. The van der Waals surface area contributed by atoms with Crippen molar-refractivity contribution < 1.29 is 9.90 Å². The first-order valence-electron chi connectivity index (χ1n) is 6.00. The summed E-state index contributed by atoms with van der Waals surface area (Å²) in [5, 5.41) is 8.88. The SMILES string of the molecule is CC(C)N1CCCC[C@H](CC(=O)O)[C@H]1C. The average Bonchev–Trinajstić information content (AvgIpc) is 2.29. The highest BCUT2D eigenvalue weighted by molar-refractivity contribution is 5.67. The molecule has 0 unspecified atom stereocenters. The molecule has 0 bridgehead atoms. The fourth-order valence-electron chi connectivity index (χ4n) is 2.64. The Hall–Kier alpha value is -0.570. The zero-order valence-electron chi connectivity index (χ0n) is 10.1. The van der Waals surface area contributed by atoms with Crippen molar-refractivity contribution in [3.8, 4) is 0 Å². The summed E-state index contributed by atoms with van der Waals surface area (Å²) in [4.78, 5) is 13.2. The Kier molecular flexibility index (Phi) is 4.58. The maximum absolute atomic E-state index is 10.8. The van der Waals surface area contributed by atoms with E-state index in [2.05, 4.69) is 25.7 Å². The van der Waals surface area contributed by atoms with E-state index in [4.69, 9.17) is 5.11 Å². The predicted octanol–water partition coefficient (Wildman–Crippen LogP) is 2.36. The van der Waals surface area contributed by atoms with Crippen LogP contribution < -0.4 is 0 Å². The van der Waals surface area contributed by atoms with E-state index in [1.165, 1.54) is 12.8 Å². The molecule has 0 saturated carbocycles. The lowest BCUT2D eigenvalue weighted by Gasteiger charge is -2.34. The summed E-state index contributed by atoms with van der Waals surface area (Å²) in [6, 6.07) is 0.929. The number of carboxylic acids is 1. The smallest absolute Gasteiger partial charge is 0.303 e. The number of rotatable bonds is 3. The summed E-state index contributed by atoms with van der Waals surface area (Å²) in [5.41, 5.74) is 0. The minimum atomic E-state index is -0.655. The van der Waals surface area contributed by atoms with Crippen molar-refractivity contribution in [1.82, 2.24) is 4.90 Å². The Bertz CT molecular complexity index is 216. The van der Waals surface area contributed by atoms with Gasteiger partial charge in [-0.05, 0) is 46.1 Å². The van der Waals surface area contributed by atoms with Crippen LogP contribution in [0.3, 0.4) is 0 Å². The lowest BCUT2D eigenvalue weighted by Crippen LogP contribution is -2.42. The summed E-state index contributed by atoms with van der Waals surface area (Å²) in [7, 11) is 0. The maximum atomic E-state index is 10.8. The van der Waals surface area contributed by atoms with Crippen LogP contribution in [0.4, 0.5) is 0 Å². The zero-order valence-corrected chi connectivity index (χ0v) is 10.1. The van der Waals surface area contributed by atoms with Gasteiger partial charge in [-0.3, -0.25) is 9.69 Å². The van der Waals surface area contributed by atoms with Crippen molar-refractivity contribution >= 4 is 5.97 Å². The molecule has 1 saturated heterocycles. The van der Waals surface area contributed by atoms with Gasteiger partial charge in [-0.25, -0.2) is 0 Å². The van der Waals surface area contributed by atoms with Crippen molar-refractivity contribution in [3.63, 3.8) is 0 Å². The summed E-state index contributed by atoms with van der Waals surface area (Å²) in [6.45, 7) is 7.69. The lowest BCUT2D eigenvalue weighted by atomic mass is 9.92. The van der Waals surface area contributed by atoms with E-state index < -0.39 is 5.97 Å². The number of hydrogen-bond acceptors (Lipinski definition) is 2. The molecule has 15 heavy (non-hydrogen) atoms. The lowest BCUT2D eigenvalue weighted by molar-refractivity contribution is -0.138. The third-order valence-electron chi connectivity index (χ3n) is 3.55. The zero-order chi connectivity index (χ0) is 11.4. The van der Waals surface area contributed by atoms with Gasteiger partial charge in [0.1, 0.15) is 0 Å². The van der Waals surface area contributed by atoms with E-state index in [0.717, 1.165) is 13.0 Å². The van der Waals surface area contributed by atoms with Gasteiger partial charge in [0.2, 0.25) is 0 Å². The fraction of sp³-hybridized carbons (Fsp3) is 0.917. The minimum Gasteiger partial charge on any atom is -0.481 e. The number of nitrogens with zero attached hydrogens (tertiary/aromatic N) is 1. The Balaban J connectivity index is 2.65. The van der Waals surface area contributed by atoms with Crippen LogP contribution in [0.25, 0.3) is 0 Å². The third-order valence-corrected chi connectivity index (χ3v) is 3.55. The highest BCUT2D eigenvalue weighted by atomic mass is 16.4. The summed E-state index contributed by atoms with van der Waals surface area (Å²) in [6.07, 6.45) is 3.77. The molecule has 3 nitrogen and oxygen atoms in total. The minimum absolute atomic E-state index is 0.324. The Morgan fingerprint density at radius 1 is 1.47 bits per heavy atom. The quantitative estimate of drug-likeness (QED) is 0.782. The standard InChI is InChI=1S/C12H23NO2/c1-9(2)13-7-5-4-6-11(10(13)3)8-12(14)15/h9-11H,4-8H2,1-3H3,(H,14,15)/t10-,11-/m1/s1. The first-order chi connectivity index (χ1) is 7.02. The second-order valence-corrected chi connectivity index (χ2v) is 4.93. The number of carbonyl (C=O) groups is 1. The Morgan fingerprint density at radius 3 is 2.67 bits per heavy atom. The van der Waals surface area contributed by atoms with Crippen molar-refractivity contribution in [2.24, 2.45) is 5.92 Å². The van der Waals surface area contributed by atoms with Crippen LogP contribution in [0, 0.1) is 5.92 Å². The van der Waals surface area contributed by atoms with Crippen molar-refractivity contribution in [2.45, 2.75) is 58.5 Å². The van der Waals surface area contributed by atoms with E-state index >= 15 is 0 Å². The molecule has 0 aromatic rings. The second kappa shape index (κ2) is 5.50. The van der Waals surface area contributed by atoms with Gasteiger partial charge in [-0.15, -0.1) is 0 Å². The molecule has 1 aliphatic rings. The number of aliphatic carboxylic acids is 1. The molecule has 88 valence electrons. The van der Waals surface area contributed by atoms with Gasteiger partial charge in [-0.1, -0.05) is 6.42 Å². The van der Waals surface area contributed by atoms with Crippen LogP contribution in [-0.4, -0.2) is 34.6 Å². The van der Waals surface area contributed by atoms with E-state index in [1.54, 1.807) is 0 Å². The average molecular weight is 213 g/mol. The summed E-state index contributed by atoms with van der Waals surface area (Å²) in [5.74, 6) is -0.329. The van der Waals surface area contributed by atoms with E-state index in [9.17, 15) is 4.79 Å². The van der Waals surface area contributed by atoms with Gasteiger partial charge in [0.15, 0.2) is 0 Å². The molecule has 1 rings (SSSR count). The summed E-state index contributed by atoms with van der Waals surface area (Å²) < 4.78 is 0.